The molecule has 2 aliphatic heterocycles. The summed E-state index contributed by atoms with van der Waals surface area (Å²) in [5.74, 6) is 2.10. The lowest BCUT2D eigenvalue weighted by molar-refractivity contribution is -0.102. The minimum Gasteiger partial charge on any atom is -0.508 e. The van der Waals surface area contributed by atoms with Crippen LogP contribution in [-0.4, -0.2) is 62.7 Å². The third-order valence-corrected chi connectivity index (χ3v) is 10.9. The van der Waals surface area contributed by atoms with Gasteiger partial charge in [0.05, 0.1) is 0 Å². The molecule has 0 radical (unpaired) electrons. The number of hydrogen-bond acceptors (Lipinski definition) is 5. The van der Waals surface area contributed by atoms with Gasteiger partial charge in [-0.25, -0.2) is 5.10 Å². The van der Waals surface area contributed by atoms with E-state index in [1.807, 2.05) is 6.07 Å². The van der Waals surface area contributed by atoms with Crippen molar-refractivity contribution in [3.63, 3.8) is 0 Å². The number of piperidine rings is 1. The van der Waals surface area contributed by atoms with Gasteiger partial charge in [-0.05, 0) is 104 Å². The van der Waals surface area contributed by atoms with E-state index in [0.29, 0.717) is 29.3 Å². The number of aromatic hydroxyl groups is 1. The average molecular weight is 473 g/mol. The number of carbonyl (C=O) groups is 1. The largest absolute Gasteiger partial charge is 0.508 e. The summed E-state index contributed by atoms with van der Waals surface area (Å²) in [6.45, 7) is 3.16. The summed E-state index contributed by atoms with van der Waals surface area (Å²) in [5.41, 5.74) is 3.12. The standard InChI is InChI=1S/C28H32N4O3/c33-19-4-3-17-11-23-27-8-7-22-25(28(27,20(17)12-19)9-10-31(23)14-16-1-2-16)18(13-27)15-32(22)26(35)21-5-6-24(34)30-29-21/h3-6,12,16,18,22-23,25,33H,1-2,7-11,13-15H2,(H,30,34)/t18-,22?,23?,25?,27?,28?/m1/s1. The number of H-pyrrole nitrogens is 1. The molecule has 1 aromatic carbocycles. The Morgan fingerprint density at radius 2 is 2.06 bits per heavy atom. The number of nitrogens with one attached hydrogen (secondary N) is 1. The predicted molar refractivity (Wildman–Crippen MR) is 129 cm³/mol. The number of amides is 1. The Hall–Kier alpha value is -2.67. The first-order chi connectivity index (χ1) is 17.0. The molecule has 8 rings (SSSR count). The SMILES string of the molecule is O=C(c1ccc(=O)[nH]n1)N1C[C@H]2CC34CCC1C2C31CCN(CC2CC2)C4Cc2ccc(O)cc21. The molecule has 2 N–H and O–H groups in total. The molecule has 6 atom stereocenters. The van der Waals surface area contributed by atoms with Gasteiger partial charge in [0.25, 0.3) is 11.5 Å². The molecule has 1 amide bonds. The first kappa shape index (κ1) is 20.5. The van der Waals surface area contributed by atoms with Crippen molar-refractivity contribution in [3.05, 3.63) is 57.5 Å². The van der Waals surface area contributed by atoms with Gasteiger partial charge in [0.1, 0.15) is 11.4 Å². The lowest BCUT2D eigenvalue weighted by Crippen LogP contribution is -2.69. The quantitative estimate of drug-likeness (QED) is 0.717. The van der Waals surface area contributed by atoms with Crippen molar-refractivity contribution >= 4 is 5.91 Å². The summed E-state index contributed by atoms with van der Waals surface area (Å²) in [6.07, 6.45) is 8.36. The number of rotatable bonds is 3. The summed E-state index contributed by atoms with van der Waals surface area (Å²) in [4.78, 5) is 30.0. The zero-order valence-electron chi connectivity index (χ0n) is 19.9. The molecule has 6 aliphatic rings. The Morgan fingerprint density at radius 1 is 1.17 bits per heavy atom. The molecule has 1 aromatic heterocycles. The van der Waals surface area contributed by atoms with Gasteiger partial charge in [-0.15, -0.1) is 0 Å². The monoisotopic (exact) mass is 472 g/mol. The second-order valence-electron chi connectivity index (χ2n) is 12.2. The summed E-state index contributed by atoms with van der Waals surface area (Å²) < 4.78 is 0. The van der Waals surface area contributed by atoms with E-state index in [4.69, 9.17) is 0 Å². The molecule has 182 valence electrons. The fraction of sp³-hybridized carbons (Fsp3) is 0.607. The maximum atomic E-state index is 13.6. The molecule has 0 spiro atoms. The van der Waals surface area contributed by atoms with Crippen LogP contribution in [0, 0.1) is 23.2 Å². The second kappa shape index (κ2) is 6.75. The van der Waals surface area contributed by atoms with Crippen LogP contribution in [0.5, 0.6) is 5.75 Å². The van der Waals surface area contributed by atoms with Crippen molar-refractivity contribution in [3.8, 4) is 5.75 Å². The Balaban J connectivity index is 1.24. The molecule has 3 heterocycles. The molecule has 7 heteroatoms. The van der Waals surface area contributed by atoms with Gasteiger partial charge >= 0.3 is 0 Å². The second-order valence-corrected chi connectivity index (χ2v) is 12.2. The van der Waals surface area contributed by atoms with Crippen LogP contribution >= 0.6 is 0 Å². The van der Waals surface area contributed by atoms with Crippen LogP contribution in [0.3, 0.4) is 0 Å². The zero-order chi connectivity index (χ0) is 23.5. The Bertz CT molecular complexity index is 1280. The van der Waals surface area contributed by atoms with Crippen LogP contribution in [0.25, 0.3) is 0 Å². The van der Waals surface area contributed by atoms with Gasteiger partial charge in [-0.2, -0.15) is 5.10 Å². The van der Waals surface area contributed by atoms with Crippen LogP contribution in [-0.2, 0) is 11.8 Å². The minimum atomic E-state index is -0.288. The van der Waals surface area contributed by atoms with E-state index in [9.17, 15) is 14.7 Å². The average Bonchev–Trinajstić information content (AvgIpc) is 3.54. The van der Waals surface area contributed by atoms with Crippen LogP contribution in [0.15, 0.2) is 35.1 Å². The van der Waals surface area contributed by atoms with Gasteiger partial charge in [0, 0.05) is 36.7 Å². The molecule has 7 nitrogen and oxygen atoms in total. The maximum absolute atomic E-state index is 13.6. The summed E-state index contributed by atoms with van der Waals surface area (Å²) in [6, 6.07) is 9.84. The van der Waals surface area contributed by atoms with Crippen LogP contribution in [0.4, 0.5) is 0 Å². The van der Waals surface area contributed by atoms with Gasteiger partial charge in [0.15, 0.2) is 0 Å². The highest BCUT2D eigenvalue weighted by Gasteiger charge is 2.76. The lowest BCUT2D eigenvalue weighted by atomic mass is 9.43. The van der Waals surface area contributed by atoms with Crippen LogP contribution in [0.1, 0.15) is 60.1 Å². The summed E-state index contributed by atoms with van der Waals surface area (Å²) in [5, 5.41) is 17.1. The first-order valence-electron chi connectivity index (χ1n) is 13.4. The third-order valence-electron chi connectivity index (χ3n) is 10.9. The van der Waals surface area contributed by atoms with Crippen molar-refractivity contribution in [2.24, 2.45) is 23.2 Å². The molecule has 2 aromatic rings. The van der Waals surface area contributed by atoms with Crippen molar-refractivity contribution in [1.82, 2.24) is 20.0 Å². The number of fused-ring (bicyclic) bond motifs is 1. The fourth-order valence-electron chi connectivity index (χ4n) is 9.79. The maximum Gasteiger partial charge on any atom is 0.274 e. The van der Waals surface area contributed by atoms with Gasteiger partial charge in [-0.1, -0.05) is 6.07 Å². The van der Waals surface area contributed by atoms with Gasteiger partial charge in [-0.3, -0.25) is 14.5 Å². The predicted octanol–water partition coefficient (Wildman–Crippen LogP) is 2.69. The number of nitrogens with zero attached hydrogens (tertiary/aromatic N) is 3. The number of phenolic OH excluding ortho intramolecular Hbond substituents is 1. The molecular weight excluding hydrogens is 440 g/mol. The van der Waals surface area contributed by atoms with Crippen LogP contribution in [0.2, 0.25) is 0 Å². The Labute approximate surface area is 204 Å². The highest BCUT2D eigenvalue weighted by atomic mass is 16.3. The molecular formula is C28H32N4O3. The number of likely N-dealkylation sites (tertiary alicyclic amines) is 2. The van der Waals surface area contributed by atoms with E-state index in [-0.39, 0.29) is 28.3 Å². The number of aromatic amines is 1. The molecule has 2 saturated heterocycles. The number of aromatic nitrogens is 2. The van der Waals surface area contributed by atoms with Crippen molar-refractivity contribution < 1.29 is 9.90 Å². The highest BCUT2D eigenvalue weighted by molar-refractivity contribution is 5.92. The highest BCUT2D eigenvalue weighted by Crippen LogP contribution is 2.75. The van der Waals surface area contributed by atoms with E-state index >= 15 is 0 Å². The van der Waals surface area contributed by atoms with E-state index in [1.54, 1.807) is 6.07 Å². The molecule has 35 heavy (non-hydrogen) atoms. The van der Waals surface area contributed by atoms with E-state index < -0.39 is 0 Å². The van der Waals surface area contributed by atoms with Crippen LogP contribution < -0.4 is 5.56 Å². The number of phenols is 1. The molecule has 4 aliphatic carbocycles. The van der Waals surface area contributed by atoms with Crippen molar-refractivity contribution in [1.29, 1.82) is 0 Å². The smallest absolute Gasteiger partial charge is 0.274 e. The Morgan fingerprint density at radius 3 is 2.86 bits per heavy atom. The first-order valence-corrected chi connectivity index (χ1v) is 13.4. The van der Waals surface area contributed by atoms with Crippen molar-refractivity contribution in [2.75, 3.05) is 19.6 Å². The van der Waals surface area contributed by atoms with Crippen molar-refractivity contribution in [2.45, 2.75) is 62.4 Å². The fourth-order valence-corrected chi connectivity index (χ4v) is 9.79. The normalized spacial score (nSPS) is 38.8. The van der Waals surface area contributed by atoms with E-state index in [1.165, 1.54) is 43.0 Å². The number of benzene rings is 1. The topological polar surface area (TPSA) is 89.5 Å². The summed E-state index contributed by atoms with van der Waals surface area (Å²) >= 11 is 0. The molecule has 4 bridgehead atoms. The zero-order valence-corrected chi connectivity index (χ0v) is 19.9. The number of carbonyl (C=O) groups excluding carboxylic acids is 1. The minimum absolute atomic E-state index is 0.0328. The Kier molecular flexibility index (Phi) is 3.96. The molecule has 5 fully saturated rings. The lowest BCUT2D eigenvalue weighted by Gasteiger charge is -2.66. The van der Waals surface area contributed by atoms with E-state index in [2.05, 4.69) is 32.1 Å². The van der Waals surface area contributed by atoms with Gasteiger partial charge < -0.3 is 10.0 Å². The molecule has 5 unspecified atom stereocenters. The van der Waals surface area contributed by atoms with Gasteiger partial charge in [0.2, 0.25) is 0 Å². The van der Waals surface area contributed by atoms with E-state index in [0.717, 1.165) is 44.7 Å². The third kappa shape index (κ3) is 2.52. The molecule has 3 saturated carbocycles. The summed E-state index contributed by atoms with van der Waals surface area (Å²) in [7, 11) is 0. The number of hydrogen-bond donors (Lipinski definition) is 2.